The third kappa shape index (κ3) is 1.93. The van der Waals surface area contributed by atoms with Crippen LogP contribution in [-0.2, 0) is 9.47 Å². The van der Waals surface area contributed by atoms with Crippen molar-refractivity contribution >= 4 is 22.9 Å². The van der Waals surface area contributed by atoms with E-state index in [-0.39, 0.29) is 12.2 Å². The molecule has 77 valence electrons. The topological polar surface area (TPSA) is 31.4 Å². The minimum atomic E-state index is -0.576. The summed E-state index contributed by atoms with van der Waals surface area (Å²) < 4.78 is 11.7. The molecule has 0 bridgehead atoms. The largest absolute Gasteiger partial charge is 0.344 e. The molecule has 0 amide bonds. The second-order valence-electron chi connectivity index (χ2n) is 3.61. The Kier molecular flexibility index (Phi) is 2.55. The molecule has 1 aliphatic heterocycles. The van der Waals surface area contributed by atoms with Crippen LogP contribution in [0.15, 0.2) is 6.20 Å². The molecule has 1 aromatic rings. The molecule has 5 heteroatoms. The van der Waals surface area contributed by atoms with Crippen molar-refractivity contribution in [2.24, 2.45) is 0 Å². The molecule has 0 spiro atoms. The zero-order valence-corrected chi connectivity index (χ0v) is 9.56. The lowest BCUT2D eigenvalue weighted by molar-refractivity contribution is -0.143. The maximum atomic E-state index is 5.75. The van der Waals surface area contributed by atoms with Crippen LogP contribution in [0.3, 0.4) is 0 Å². The second-order valence-corrected chi connectivity index (χ2v) is 5.25. The molecule has 0 unspecified atom stereocenters. The molecule has 14 heavy (non-hydrogen) atoms. The van der Waals surface area contributed by atoms with Gasteiger partial charge in [0.05, 0.1) is 11.0 Å². The lowest BCUT2D eigenvalue weighted by Crippen LogP contribution is -2.20. The molecule has 0 N–H and O–H groups in total. The van der Waals surface area contributed by atoms with Crippen molar-refractivity contribution in [3.63, 3.8) is 0 Å². The Balaban J connectivity index is 2.20. The van der Waals surface area contributed by atoms with Crippen LogP contribution in [-0.4, -0.2) is 16.9 Å². The number of aromatic nitrogens is 1. The second kappa shape index (κ2) is 3.45. The molecule has 0 aliphatic carbocycles. The molecular weight excluding hydrogens is 222 g/mol. The van der Waals surface area contributed by atoms with Gasteiger partial charge in [-0.25, -0.2) is 4.98 Å². The van der Waals surface area contributed by atoms with Crippen LogP contribution in [0.25, 0.3) is 0 Å². The summed E-state index contributed by atoms with van der Waals surface area (Å²) in [5.74, 6) is -0.576. The van der Waals surface area contributed by atoms with E-state index in [4.69, 9.17) is 21.1 Å². The molecule has 1 saturated heterocycles. The predicted octanol–water partition coefficient (Wildman–Crippen LogP) is 2.82. The van der Waals surface area contributed by atoms with Crippen LogP contribution in [0.2, 0.25) is 4.47 Å². The summed E-state index contributed by atoms with van der Waals surface area (Å²) in [4.78, 5) is 4.92. The van der Waals surface area contributed by atoms with E-state index in [1.165, 1.54) is 11.3 Å². The van der Waals surface area contributed by atoms with Crippen molar-refractivity contribution in [2.45, 2.75) is 31.8 Å². The number of thiazole rings is 1. The smallest absolute Gasteiger partial charge is 0.183 e. The molecule has 0 saturated carbocycles. The third-order valence-corrected chi connectivity index (χ3v) is 3.14. The first-order chi connectivity index (χ1) is 6.48. The van der Waals surface area contributed by atoms with Gasteiger partial charge in [-0.15, -0.1) is 11.3 Å². The first-order valence-electron chi connectivity index (χ1n) is 4.28. The number of rotatable bonds is 1. The van der Waals surface area contributed by atoms with Gasteiger partial charge in [-0.05, 0) is 20.8 Å². The quantitative estimate of drug-likeness (QED) is 0.746. The summed E-state index contributed by atoms with van der Waals surface area (Å²) in [6.07, 6.45) is 1.34. The zero-order valence-electron chi connectivity index (χ0n) is 7.99. The predicted molar refractivity (Wildman–Crippen MR) is 55.3 cm³/mol. The summed E-state index contributed by atoms with van der Waals surface area (Å²) in [6.45, 7) is 7.63. The van der Waals surface area contributed by atoms with E-state index in [1.807, 2.05) is 13.8 Å². The van der Waals surface area contributed by atoms with Gasteiger partial charge in [0.15, 0.2) is 10.3 Å². The Morgan fingerprint density at radius 3 is 2.71 bits per heavy atom. The van der Waals surface area contributed by atoms with Crippen molar-refractivity contribution in [1.29, 1.82) is 0 Å². The van der Waals surface area contributed by atoms with E-state index in [0.717, 1.165) is 4.88 Å². The number of hydrogen-bond donors (Lipinski definition) is 0. The highest BCUT2D eigenvalue weighted by Crippen LogP contribution is 2.40. The van der Waals surface area contributed by atoms with Crippen LogP contribution >= 0.6 is 22.9 Å². The van der Waals surface area contributed by atoms with E-state index < -0.39 is 5.79 Å². The number of nitrogens with zero attached hydrogens (tertiary/aromatic N) is 1. The van der Waals surface area contributed by atoms with E-state index in [2.05, 4.69) is 11.9 Å². The fraction of sp³-hybridized carbons (Fsp3) is 0.556. The Hall–Kier alpha value is -0.160. The highest BCUT2D eigenvalue weighted by atomic mass is 35.5. The minimum absolute atomic E-state index is 0.157. The molecule has 3 nitrogen and oxygen atoms in total. The van der Waals surface area contributed by atoms with Crippen molar-refractivity contribution < 1.29 is 9.47 Å². The molecule has 1 aliphatic rings. The van der Waals surface area contributed by atoms with Crippen LogP contribution in [0.4, 0.5) is 0 Å². The van der Waals surface area contributed by atoms with Crippen LogP contribution in [0.1, 0.15) is 24.8 Å². The maximum absolute atomic E-state index is 5.75. The third-order valence-electron chi connectivity index (χ3n) is 1.96. The van der Waals surface area contributed by atoms with Crippen molar-refractivity contribution in [3.05, 3.63) is 22.5 Å². The zero-order chi connectivity index (χ0) is 10.3. The van der Waals surface area contributed by atoms with Crippen molar-refractivity contribution in [2.75, 3.05) is 0 Å². The van der Waals surface area contributed by atoms with Gasteiger partial charge in [0.2, 0.25) is 0 Å². The highest BCUT2D eigenvalue weighted by molar-refractivity contribution is 7.15. The summed E-state index contributed by atoms with van der Waals surface area (Å²) in [5.41, 5.74) is 0. The molecule has 1 aromatic heterocycles. The van der Waals surface area contributed by atoms with Crippen LogP contribution in [0.5, 0.6) is 0 Å². The molecule has 1 radical (unpaired) electrons. The molecule has 2 heterocycles. The summed E-state index contributed by atoms with van der Waals surface area (Å²) >= 11 is 7.15. The fourth-order valence-corrected chi connectivity index (χ4v) is 2.51. The fourth-order valence-electron chi connectivity index (χ4n) is 1.47. The normalized spacial score (nSPS) is 30.9. The van der Waals surface area contributed by atoms with Crippen LogP contribution in [0, 0.1) is 6.92 Å². The molecular formula is C9H11ClNO2S. The lowest BCUT2D eigenvalue weighted by atomic mass is 10.2. The maximum Gasteiger partial charge on any atom is 0.183 e. The molecule has 2 rings (SSSR count). The SMILES string of the molecule is [CH2][C@@H]1OC(C)(C)O[C@H]1c1cnc(Cl)s1. The molecule has 2 atom stereocenters. The van der Waals surface area contributed by atoms with E-state index in [1.54, 1.807) is 6.20 Å². The standard InChI is InChI=1S/C9H11ClNO2S/c1-5-7(13-9(2,3)12-5)6-4-11-8(10)14-6/h4-5,7H,1H2,2-3H3/t5-,7+/m0/s1. The Morgan fingerprint density at radius 1 is 1.57 bits per heavy atom. The van der Waals surface area contributed by atoms with E-state index in [0.29, 0.717) is 4.47 Å². The first kappa shape index (κ1) is 10.4. The van der Waals surface area contributed by atoms with Gasteiger partial charge in [0.25, 0.3) is 0 Å². The number of hydrogen-bond acceptors (Lipinski definition) is 4. The van der Waals surface area contributed by atoms with Gasteiger partial charge in [-0.1, -0.05) is 11.6 Å². The van der Waals surface area contributed by atoms with Gasteiger partial charge < -0.3 is 9.47 Å². The Morgan fingerprint density at radius 2 is 2.29 bits per heavy atom. The van der Waals surface area contributed by atoms with E-state index in [9.17, 15) is 0 Å². The average Bonchev–Trinajstić information content (AvgIpc) is 2.55. The number of ether oxygens (including phenoxy) is 2. The molecule has 1 fully saturated rings. The van der Waals surface area contributed by atoms with Gasteiger partial charge in [0, 0.05) is 6.20 Å². The Bertz CT molecular complexity index is 339. The van der Waals surface area contributed by atoms with E-state index >= 15 is 0 Å². The number of halogens is 1. The average molecular weight is 233 g/mol. The van der Waals surface area contributed by atoms with Gasteiger partial charge in [0.1, 0.15) is 6.10 Å². The monoisotopic (exact) mass is 232 g/mol. The lowest BCUT2D eigenvalue weighted by Gasteiger charge is -2.16. The van der Waals surface area contributed by atoms with Gasteiger partial charge in [-0.3, -0.25) is 0 Å². The summed E-state index contributed by atoms with van der Waals surface area (Å²) in [7, 11) is 0. The van der Waals surface area contributed by atoms with Gasteiger partial charge in [-0.2, -0.15) is 0 Å². The highest BCUT2D eigenvalue weighted by Gasteiger charge is 2.40. The summed E-state index contributed by atoms with van der Waals surface area (Å²) in [6, 6.07) is 0. The molecule has 0 aromatic carbocycles. The van der Waals surface area contributed by atoms with Crippen LogP contribution < -0.4 is 0 Å². The minimum Gasteiger partial charge on any atom is -0.344 e. The van der Waals surface area contributed by atoms with Crippen molar-refractivity contribution in [1.82, 2.24) is 4.98 Å². The first-order valence-corrected chi connectivity index (χ1v) is 5.47. The van der Waals surface area contributed by atoms with Crippen molar-refractivity contribution in [3.8, 4) is 0 Å². The van der Waals surface area contributed by atoms with Gasteiger partial charge >= 0.3 is 0 Å². The Labute approximate surface area is 92.0 Å². The summed E-state index contributed by atoms with van der Waals surface area (Å²) in [5, 5.41) is 0.